The molecule has 1 unspecified atom stereocenters. The second kappa shape index (κ2) is 16.4. The van der Waals surface area contributed by atoms with Crippen LogP contribution >= 0.6 is 0 Å². The fraction of sp³-hybridized carbons (Fsp3) is 0.700. The maximum atomic E-state index is 5.83. The molecule has 24 heavy (non-hydrogen) atoms. The van der Waals surface area contributed by atoms with Gasteiger partial charge < -0.3 is 15.6 Å². The molecule has 0 aliphatic rings. The number of rotatable bonds is 14. The van der Waals surface area contributed by atoms with Crippen molar-refractivity contribution in [3.05, 3.63) is 29.8 Å². The Hall–Kier alpha value is -0.0600. The first-order valence-corrected chi connectivity index (χ1v) is 9.25. The Morgan fingerprint density at radius 2 is 1.54 bits per heavy atom. The summed E-state index contributed by atoms with van der Waals surface area (Å²) in [4.78, 5) is 0. The van der Waals surface area contributed by atoms with Gasteiger partial charge in [-0.25, -0.2) is 0 Å². The summed E-state index contributed by atoms with van der Waals surface area (Å²) in [6.45, 7) is 7.95. The minimum absolute atomic E-state index is 0. The van der Waals surface area contributed by atoms with E-state index in [0.29, 0.717) is 19.8 Å². The van der Waals surface area contributed by atoms with E-state index in [2.05, 4.69) is 19.1 Å². The predicted molar refractivity (Wildman–Crippen MR) is 97.2 cm³/mol. The first kappa shape index (κ1) is 23.9. The van der Waals surface area contributed by atoms with Crippen molar-refractivity contribution in [3.8, 4) is 5.75 Å². The summed E-state index contributed by atoms with van der Waals surface area (Å²) in [5.41, 5.74) is 1.38. The Morgan fingerprint density at radius 1 is 0.875 bits per heavy atom. The predicted octanol–water partition coefficient (Wildman–Crippen LogP) is 2.48. The van der Waals surface area contributed by atoms with Gasteiger partial charge in [-0.1, -0.05) is 51.2 Å². The number of hydrogen-bond donors (Lipinski definition) is 0. The molecular formula is C20H35NaO3. The molecule has 1 aromatic rings. The molecule has 0 radical (unpaired) electrons. The van der Waals surface area contributed by atoms with Crippen LogP contribution in [0.5, 0.6) is 5.75 Å². The minimum Gasteiger partial charge on any atom is -1.00 e. The third-order valence-corrected chi connectivity index (χ3v) is 3.82. The van der Waals surface area contributed by atoms with E-state index in [-0.39, 0.29) is 37.3 Å². The topological polar surface area (TPSA) is 27.7 Å². The second-order valence-corrected chi connectivity index (χ2v) is 5.82. The number of ether oxygens (including phenoxy) is 3. The number of benzene rings is 1. The van der Waals surface area contributed by atoms with Crippen molar-refractivity contribution in [1.29, 1.82) is 0 Å². The molecule has 0 aliphatic heterocycles. The summed E-state index contributed by atoms with van der Waals surface area (Å²) in [6.07, 6.45) is 8.85. The van der Waals surface area contributed by atoms with Crippen LogP contribution in [0.4, 0.5) is 0 Å². The minimum atomic E-state index is -0.329. The summed E-state index contributed by atoms with van der Waals surface area (Å²) in [5, 5.41) is 0. The zero-order valence-electron chi connectivity index (χ0n) is 17.2. The van der Waals surface area contributed by atoms with Crippen molar-refractivity contribution >= 4 is 0 Å². The van der Waals surface area contributed by atoms with E-state index >= 15 is 0 Å². The summed E-state index contributed by atoms with van der Waals surface area (Å²) >= 11 is 0. The van der Waals surface area contributed by atoms with Gasteiger partial charge in [0.1, 0.15) is 12.4 Å². The summed E-state index contributed by atoms with van der Waals surface area (Å²) in [7, 11) is 0. The van der Waals surface area contributed by atoms with Gasteiger partial charge in [-0.05, 0) is 44.4 Å². The van der Waals surface area contributed by atoms with E-state index in [1.807, 2.05) is 26.0 Å². The van der Waals surface area contributed by atoms with Crippen LogP contribution in [-0.2, 0) is 15.9 Å². The molecule has 3 nitrogen and oxygen atoms in total. The van der Waals surface area contributed by atoms with Crippen molar-refractivity contribution in [2.24, 2.45) is 0 Å². The zero-order valence-corrected chi connectivity index (χ0v) is 18.2. The number of unbranched alkanes of at least 4 members (excludes halogenated alkanes) is 5. The molecule has 0 spiro atoms. The molecule has 0 bridgehead atoms. The first-order valence-electron chi connectivity index (χ1n) is 9.25. The summed E-state index contributed by atoms with van der Waals surface area (Å²) < 4.78 is 16.8. The molecule has 0 N–H and O–H groups in total. The average Bonchev–Trinajstić information content (AvgIpc) is 2.57. The third-order valence-electron chi connectivity index (χ3n) is 3.82. The van der Waals surface area contributed by atoms with Gasteiger partial charge in [-0.2, -0.15) is 0 Å². The summed E-state index contributed by atoms with van der Waals surface area (Å²) in [5.74, 6) is 0.842. The first-order chi connectivity index (χ1) is 11.3. The molecule has 4 heteroatoms. The Labute approximate surface area is 172 Å². The van der Waals surface area contributed by atoms with Crippen LogP contribution in [-0.4, -0.2) is 26.1 Å². The number of aryl methyl sites for hydroxylation is 1. The Kier molecular flexibility index (Phi) is 16.4. The molecule has 1 aromatic carbocycles. The molecule has 1 atom stereocenters. The maximum Gasteiger partial charge on any atom is 1.00 e. The van der Waals surface area contributed by atoms with Gasteiger partial charge in [0.15, 0.2) is 0 Å². The van der Waals surface area contributed by atoms with Crippen molar-refractivity contribution in [1.82, 2.24) is 0 Å². The van der Waals surface area contributed by atoms with E-state index in [0.717, 1.165) is 12.2 Å². The van der Waals surface area contributed by atoms with Crippen LogP contribution < -0.4 is 34.3 Å². The molecule has 0 aliphatic carbocycles. The van der Waals surface area contributed by atoms with E-state index < -0.39 is 0 Å². The van der Waals surface area contributed by atoms with E-state index in [1.165, 1.54) is 44.1 Å². The quantitative estimate of drug-likeness (QED) is 0.294. The number of hydrogen-bond acceptors (Lipinski definition) is 3. The molecule has 0 saturated heterocycles. The van der Waals surface area contributed by atoms with Crippen LogP contribution in [0.15, 0.2) is 24.3 Å². The van der Waals surface area contributed by atoms with Crippen LogP contribution in [0.25, 0.3) is 0 Å². The molecule has 0 heterocycles. The van der Waals surface area contributed by atoms with Gasteiger partial charge in [-0.3, -0.25) is 0 Å². The molecule has 134 valence electrons. The standard InChI is InChI=1S/C20H34O3.Na.H/c1-4-7-8-9-10-11-12-18-13-15-19(16-14-18)23-20(22-6-3)17-21-5-2;;/h13-16,20H,4-12,17H2,1-3H3;;/q;+1;-1. The molecule has 0 fully saturated rings. The van der Waals surface area contributed by atoms with Gasteiger partial charge >= 0.3 is 29.6 Å². The van der Waals surface area contributed by atoms with Crippen molar-refractivity contribution in [2.45, 2.75) is 72.0 Å². The van der Waals surface area contributed by atoms with Crippen molar-refractivity contribution < 1.29 is 45.2 Å². The Balaban J connectivity index is 0. The average molecular weight is 346 g/mol. The van der Waals surface area contributed by atoms with Gasteiger partial charge in [0, 0.05) is 13.2 Å². The smallest absolute Gasteiger partial charge is 1.00 e. The van der Waals surface area contributed by atoms with E-state index in [4.69, 9.17) is 14.2 Å². The van der Waals surface area contributed by atoms with Crippen LogP contribution in [0.2, 0.25) is 0 Å². The summed E-state index contributed by atoms with van der Waals surface area (Å²) in [6, 6.07) is 8.38. The molecule has 0 saturated carbocycles. The van der Waals surface area contributed by atoms with Crippen LogP contribution in [0, 0.1) is 0 Å². The Bertz CT molecular complexity index is 387. The second-order valence-electron chi connectivity index (χ2n) is 5.82. The molecule has 1 rings (SSSR count). The van der Waals surface area contributed by atoms with E-state index in [1.54, 1.807) is 0 Å². The van der Waals surface area contributed by atoms with E-state index in [9.17, 15) is 0 Å². The molecule has 0 aromatic heterocycles. The monoisotopic (exact) mass is 346 g/mol. The SMILES string of the molecule is CCCCCCCCc1ccc(OC(COCC)OCC)cc1.[H-].[Na+]. The maximum absolute atomic E-state index is 5.83. The fourth-order valence-electron chi connectivity index (χ4n) is 2.51. The van der Waals surface area contributed by atoms with Gasteiger partial charge in [0.05, 0.1) is 0 Å². The van der Waals surface area contributed by atoms with Gasteiger partial charge in [0.25, 0.3) is 0 Å². The van der Waals surface area contributed by atoms with Gasteiger partial charge in [0.2, 0.25) is 6.29 Å². The van der Waals surface area contributed by atoms with Crippen LogP contribution in [0.3, 0.4) is 0 Å². The fourth-order valence-corrected chi connectivity index (χ4v) is 2.51. The zero-order chi connectivity index (χ0) is 16.8. The molecule has 0 amide bonds. The van der Waals surface area contributed by atoms with Crippen molar-refractivity contribution in [3.63, 3.8) is 0 Å². The van der Waals surface area contributed by atoms with Crippen LogP contribution in [0.1, 0.15) is 66.3 Å². The Morgan fingerprint density at radius 3 is 2.17 bits per heavy atom. The normalized spacial score (nSPS) is 11.8. The third kappa shape index (κ3) is 11.5. The molecular weight excluding hydrogens is 311 g/mol. The van der Waals surface area contributed by atoms with Gasteiger partial charge in [-0.15, -0.1) is 0 Å². The largest absolute Gasteiger partial charge is 1.00 e. The van der Waals surface area contributed by atoms with Crippen molar-refractivity contribution in [2.75, 3.05) is 19.8 Å².